The van der Waals surface area contributed by atoms with Crippen LogP contribution in [0.25, 0.3) is 38.7 Å². The third-order valence-corrected chi connectivity index (χ3v) is 4.24. The third-order valence-electron chi connectivity index (χ3n) is 4.24. The fraction of sp³-hybridized carbons (Fsp3) is 0. The molecular weight excluding hydrogens is 288 g/mol. The molecule has 2 aromatic heterocycles. The van der Waals surface area contributed by atoms with Crippen LogP contribution < -0.4 is 4.73 Å². The molecule has 0 saturated heterocycles. The maximum atomic E-state index is 12.1. The molecule has 0 unspecified atom stereocenters. The number of benzene rings is 3. The first-order valence-corrected chi connectivity index (χ1v) is 7.42. The molecule has 0 atom stereocenters. The first-order valence-electron chi connectivity index (χ1n) is 7.42. The van der Waals surface area contributed by atoms with Crippen molar-refractivity contribution in [3.63, 3.8) is 0 Å². The summed E-state index contributed by atoms with van der Waals surface area (Å²) in [5.41, 5.74) is 4.20. The molecule has 0 fully saturated rings. The second-order valence-electron chi connectivity index (χ2n) is 5.58. The third kappa shape index (κ3) is 1.69. The lowest BCUT2D eigenvalue weighted by molar-refractivity contribution is -0.577. The van der Waals surface area contributed by atoms with Crippen molar-refractivity contribution >= 4 is 33.0 Å². The summed E-state index contributed by atoms with van der Waals surface area (Å²) in [6.07, 6.45) is 1.56. The number of nitrogens with zero attached hydrogens (tertiary/aromatic N) is 2. The lowest BCUT2D eigenvalue weighted by Gasteiger charge is -1.97. The Morgan fingerprint density at radius 1 is 0.826 bits per heavy atom. The molecule has 0 N–H and O–H groups in total. The van der Waals surface area contributed by atoms with Gasteiger partial charge in [0.05, 0.1) is 0 Å². The molecule has 0 aliphatic carbocycles. The van der Waals surface area contributed by atoms with Gasteiger partial charge in [-0.3, -0.25) is 0 Å². The van der Waals surface area contributed by atoms with Crippen LogP contribution >= 0.6 is 0 Å². The van der Waals surface area contributed by atoms with Crippen molar-refractivity contribution in [2.45, 2.75) is 0 Å². The van der Waals surface area contributed by atoms with Crippen LogP contribution in [0.2, 0.25) is 0 Å². The lowest BCUT2D eigenvalue weighted by atomic mass is 10.1. The Morgan fingerprint density at radius 3 is 2.57 bits per heavy atom. The Hall–Kier alpha value is -3.27. The Bertz CT molecular complexity index is 1180. The minimum atomic E-state index is 0.657. The molecule has 0 aliphatic rings. The molecule has 2 heterocycles. The molecule has 110 valence electrons. The Kier molecular flexibility index (Phi) is 2.33. The number of furan rings is 1. The van der Waals surface area contributed by atoms with Crippen LogP contribution in [0.3, 0.4) is 0 Å². The van der Waals surface area contributed by atoms with Crippen LogP contribution in [0.5, 0.6) is 0 Å². The monoisotopic (exact) mass is 300 g/mol. The number of para-hydroxylation sites is 3. The normalized spacial score (nSPS) is 11.7. The summed E-state index contributed by atoms with van der Waals surface area (Å²) < 4.78 is 8.66. The van der Waals surface area contributed by atoms with Gasteiger partial charge in [0.25, 0.3) is 6.33 Å². The summed E-state index contributed by atoms with van der Waals surface area (Å²) in [5, 5.41) is 14.2. The quantitative estimate of drug-likeness (QED) is 0.344. The largest absolute Gasteiger partial charge is 0.710 e. The highest BCUT2D eigenvalue weighted by atomic mass is 16.5. The van der Waals surface area contributed by atoms with Crippen molar-refractivity contribution in [1.82, 2.24) is 4.57 Å². The van der Waals surface area contributed by atoms with E-state index in [1.54, 1.807) is 6.33 Å². The van der Waals surface area contributed by atoms with Gasteiger partial charge >= 0.3 is 0 Å². The van der Waals surface area contributed by atoms with Crippen molar-refractivity contribution < 1.29 is 9.15 Å². The topological polar surface area (TPSA) is 45.0 Å². The molecule has 23 heavy (non-hydrogen) atoms. The van der Waals surface area contributed by atoms with E-state index >= 15 is 0 Å². The van der Waals surface area contributed by atoms with Gasteiger partial charge in [0.2, 0.25) is 0 Å². The van der Waals surface area contributed by atoms with Crippen LogP contribution in [0.15, 0.2) is 77.5 Å². The highest BCUT2D eigenvalue weighted by Gasteiger charge is 2.15. The standard InChI is InChI=1S/C19H12N2O2/c22-21-12-20(16-6-2-3-7-17(16)21)13-9-10-19-15(11-13)14-5-1-4-8-18(14)23-19/h1-12H. The van der Waals surface area contributed by atoms with Gasteiger partial charge in [-0.15, -0.1) is 0 Å². The molecule has 0 amide bonds. The summed E-state index contributed by atoms with van der Waals surface area (Å²) in [6.45, 7) is 0. The summed E-state index contributed by atoms with van der Waals surface area (Å²) >= 11 is 0. The van der Waals surface area contributed by atoms with Gasteiger partial charge in [-0.1, -0.05) is 30.3 Å². The number of aromatic nitrogens is 2. The predicted octanol–water partition coefficient (Wildman–Crippen LogP) is 4.16. The minimum Gasteiger partial charge on any atom is -0.710 e. The van der Waals surface area contributed by atoms with Gasteiger partial charge in [-0.05, 0) is 36.4 Å². The molecule has 3 aromatic carbocycles. The second kappa shape index (κ2) is 4.36. The first-order chi connectivity index (χ1) is 11.3. The van der Waals surface area contributed by atoms with Crippen LogP contribution in [-0.2, 0) is 0 Å². The van der Waals surface area contributed by atoms with Crippen molar-refractivity contribution in [2.24, 2.45) is 0 Å². The maximum Gasteiger partial charge on any atom is 0.253 e. The molecule has 4 nitrogen and oxygen atoms in total. The van der Waals surface area contributed by atoms with E-state index in [1.165, 1.54) is 0 Å². The van der Waals surface area contributed by atoms with E-state index in [4.69, 9.17) is 4.42 Å². The highest BCUT2D eigenvalue weighted by Crippen LogP contribution is 2.30. The zero-order valence-corrected chi connectivity index (χ0v) is 12.1. The first kappa shape index (κ1) is 12.3. The van der Waals surface area contributed by atoms with E-state index in [1.807, 2.05) is 65.2 Å². The highest BCUT2D eigenvalue weighted by molar-refractivity contribution is 6.05. The smallest absolute Gasteiger partial charge is 0.253 e. The fourth-order valence-electron chi connectivity index (χ4n) is 3.15. The predicted molar refractivity (Wildman–Crippen MR) is 89.5 cm³/mol. The van der Waals surface area contributed by atoms with E-state index < -0.39 is 0 Å². The second-order valence-corrected chi connectivity index (χ2v) is 5.58. The molecule has 4 heteroatoms. The SMILES string of the molecule is [O-][n+]1cn(-c2ccc3oc4ccccc4c3c2)c2ccccc21. The molecule has 0 radical (unpaired) electrons. The molecule has 0 bridgehead atoms. The van der Waals surface area contributed by atoms with Crippen LogP contribution in [0.4, 0.5) is 0 Å². The number of hydrogen-bond donors (Lipinski definition) is 0. The molecule has 5 aromatic rings. The zero-order valence-electron chi connectivity index (χ0n) is 12.1. The number of imidazole rings is 1. The van der Waals surface area contributed by atoms with Gasteiger partial charge in [0, 0.05) is 10.8 Å². The number of rotatable bonds is 1. The molecule has 5 rings (SSSR count). The average Bonchev–Trinajstić information content (AvgIpc) is 3.13. The van der Waals surface area contributed by atoms with E-state index in [0.717, 1.165) is 37.9 Å². The average molecular weight is 300 g/mol. The van der Waals surface area contributed by atoms with Gasteiger partial charge in [0.1, 0.15) is 16.9 Å². The fourth-order valence-corrected chi connectivity index (χ4v) is 3.15. The zero-order chi connectivity index (χ0) is 15.4. The van der Waals surface area contributed by atoms with Gasteiger partial charge in [-0.2, -0.15) is 4.57 Å². The Balaban J connectivity index is 1.84. The van der Waals surface area contributed by atoms with Crippen molar-refractivity contribution in [1.29, 1.82) is 0 Å². The molecule has 0 aliphatic heterocycles. The Morgan fingerprint density at radius 2 is 1.61 bits per heavy atom. The molecular formula is C19H12N2O2. The maximum absolute atomic E-state index is 12.1. The van der Waals surface area contributed by atoms with E-state index in [2.05, 4.69) is 6.07 Å². The van der Waals surface area contributed by atoms with Crippen LogP contribution in [0, 0.1) is 5.21 Å². The van der Waals surface area contributed by atoms with Crippen molar-refractivity contribution in [3.8, 4) is 5.69 Å². The number of fused-ring (bicyclic) bond motifs is 4. The lowest BCUT2D eigenvalue weighted by Crippen LogP contribution is -2.22. The molecule has 0 saturated carbocycles. The van der Waals surface area contributed by atoms with Gasteiger partial charge < -0.3 is 9.62 Å². The summed E-state index contributed by atoms with van der Waals surface area (Å²) in [4.78, 5) is 0. The summed E-state index contributed by atoms with van der Waals surface area (Å²) in [7, 11) is 0. The summed E-state index contributed by atoms with van der Waals surface area (Å²) in [5.74, 6) is 0. The van der Waals surface area contributed by atoms with E-state index in [-0.39, 0.29) is 0 Å². The van der Waals surface area contributed by atoms with Crippen LogP contribution in [0.1, 0.15) is 0 Å². The van der Waals surface area contributed by atoms with Gasteiger partial charge in [0.15, 0.2) is 11.0 Å². The van der Waals surface area contributed by atoms with Crippen molar-refractivity contribution in [3.05, 3.63) is 78.3 Å². The van der Waals surface area contributed by atoms with E-state index in [0.29, 0.717) is 5.52 Å². The van der Waals surface area contributed by atoms with Crippen molar-refractivity contribution in [2.75, 3.05) is 0 Å². The van der Waals surface area contributed by atoms with Crippen LogP contribution in [-0.4, -0.2) is 4.57 Å². The van der Waals surface area contributed by atoms with E-state index in [9.17, 15) is 5.21 Å². The molecule has 0 spiro atoms. The Labute approximate surface area is 131 Å². The van der Waals surface area contributed by atoms with Gasteiger partial charge in [-0.25, -0.2) is 4.73 Å². The number of hydrogen-bond acceptors (Lipinski definition) is 2. The summed E-state index contributed by atoms with van der Waals surface area (Å²) in [6, 6.07) is 21.5. The minimum absolute atomic E-state index is 0.657.